The van der Waals surface area contributed by atoms with Gasteiger partial charge < -0.3 is 9.94 Å². The van der Waals surface area contributed by atoms with E-state index in [1.807, 2.05) is 30.3 Å². The van der Waals surface area contributed by atoms with Gasteiger partial charge >= 0.3 is 5.97 Å². The quantitative estimate of drug-likeness (QED) is 0.607. The van der Waals surface area contributed by atoms with Crippen LogP contribution in [-0.2, 0) is 14.4 Å². The average molecular weight is 386 g/mol. The van der Waals surface area contributed by atoms with Gasteiger partial charge in [-0.15, -0.1) is 11.3 Å². The lowest BCUT2D eigenvalue weighted by atomic mass is 10.0. The summed E-state index contributed by atoms with van der Waals surface area (Å²) in [7, 11) is 1.29. The summed E-state index contributed by atoms with van der Waals surface area (Å²) in [6.45, 7) is 1.50. The molecule has 1 aromatic heterocycles. The van der Waals surface area contributed by atoms with Crippen LogP contribution in [0.2, 0.25) is 0 Å². The summed E-state index contributed by atoms with van der Waals surface area (Å²) in [5.74, 6) is -0.658. The second-order valence-corrected chi connectivity index (χ2v) is 6.68. The molecule has 1 fully saturated rings. The molecule has 0 bridgehead atoms. The number of benzene rings is 1. The maximum Gasteiger partial charge on any atom is 0.358 e. The monoisotopic (exact) mass is 386 g/mol. The molecule has 1 aliphatic rings. The highest BCUT2D eigenvalue weighted by atomic mass is 32.1. The molecular formula is C18H18N4O4S. The van der Waals surface area contributed by atoms with Crippen molar-refractivity contribution in [2.24, 2.45) is 10.1 Å². The number of carboxylic acid groups (broad SMARTS) is 1. The molecule has 1 unspecified atom stereocenters. The van der Waals surface area contributed by atoms with E-state index in [4.69, 9.17) is 0 Å². The van der Waals surface area contributed by atoms with Crippen molar-refractivity contribution < 1.29 is 19.5 Å². The van der Waals surface area contributed by atoms with Crippen LogP contribution in [0, 0.1) is 0 Å². The number of aliphatic carboxylic acids is 1. The van der Waals surface area contributed by atoms with Gasteiger partial charge in [-0.1, -0.05) is 35.5 Å². The third-order valence-electron chi connectivity index (χ3n) is 3.96. The number of oxime groups is 1. The fraction of sp³-hybridized carbons (Fsp3) is 0.222. The van der Waals surface area contributed by atoms with Crippen molar-refractivity contribution in [2.75, 3.05) is 7.11 Å². The van der Waals surface area contributed by atoms with E-state index in [0.717, 1.165) is 5.56 Å². The number of carbonyl (C=O) groups is 2. The van der Waals surface area contributed by atoms with E-state index in [9.17, 15) is 14.7 Å². The number of thiophene rings is 1. The topological polar surface area (TPSA) is 104 Å². The predicted molar refractivity (Wildman–Crippen MR) is 102 cm³/mol. The Morgan fingerprint density at radius 3 is 2.70 bits per heavy atom. The Hall–Kier alpha value is -3.20. The molecule has 2 N–H and O–H groups in total. The summed E-state index contributed by atoms with van der Waals surface area (Å²) in [6.07, 6.45) is 0.536. The number of carbonyl (C=O) groups excluding carboxylic acids is 1. The number of carboxylic acids is 1. The molecule has 27 heavy (non-hydrogen) atoms. The van der Waals surface area contributed by atoms with Gasteiger partial charge in [-0.3, -0.25) is 10.2 Å². The Morgan fingerprint density at radius 1 is 1.33 bits per heavy atom. The van der Waals surface area contributed by atoms with E-state index >= 15 is 0 Å². The Labute approximate surface area is 159 Å². The van der Waals surface area contributed by atoms with Gasteiger partial charge in [0.25, 0.3) is 0 Å². The second kappa shape index (κ2) is 8.00. The summed E-state index contributed by atoms with van der Waals surface area (Å²) in [6, 6.07) is 11.2. The lowest BCUT2D eigenvalue weighted by Gasteiger charge is -2.22. The van der Waals surface area contributed by atoms with Crippen LogP contribution in [0.1, 0.15) is 30.5 Å². The summed E-state index contributed by atoms with van der Waals surface area (Å²) in [5.41, 5.74) is 4.28. The van der Waals surface area contributed by atoms with Gasteiger partial charge in [0.2, 0.25) is 5.91 Å². The normalized spacial score (nSPS) is 18.4. The molecule has 1 saturated heterocycles. The van der Waals surface area contributed by atoms with Crippen molar-refractivity contribution in [3.8, 4) is 0 Å². The van der Waals surface area contributed by atoms with E-state index in [2.05, 4.69) is 20.4 Å². The number of nitrogens with one attached hydrogen (secondary N) is 1. The maximum absolute atomic E-state index is 12.0. The zero-order valence-electron chi connectivity index (χ0n) is 14.7. The molecule has 0 radical (unpaired) electrons. The number of hydrogen-bond acceptors (Lipinski definition) is 6. The molecule has 3 rings (SSSR count). The second-order valence-electron chi connectivity index (χ2n) is 5.79. The molecule has 2 aromatic rings. The fourth-order valence-corrected chi connectivity index (χ4v) is 3.58. The minimum Gasteiger partial charge on any atom is -0.476 e. The van der Waals surface area contributed by atoms with Crippen LogP contribution in [-0.4, -0.2) is 40.6 Å². The minimum atomic E-state index is -1.18. The summed E-state index contributed by atoms with van der Waals surface area (Å²) >= 11 is 1.28. The molecule has 0 saturated carbocycles. The number of amides is 1. The van der Waals surface area contributed by atoms with Crippen molar-refractivity contribution in [3.05, 3.63) is 52.9 Å². The van der Waals surface area contributed by atoms with Crippen molar-refractivity contribution in [1.29, 1.82) is 0 Å². The Bertz CT molecular complexity index is 907. The van der Waals surface area contributed by atoms with E-state index in [0.29, 0.717) is 22.8 Å². The molecule has 0 spiro atoms. The van der Waals surface area contributed by atoms with Crippen LogP contribution >= 0.6 is 11.3 Å². The van der Waals surface area contributed by atoms with E-state index in [1.165, 1.54) is 25.4 Å². The molecule has 140 valence electrons. The van der Waals surface area contributed by atoms with Crippen LogP contribution in [0.3, 0.4) is 0 Å². The van der Waals surface area contributed by atoms with Crippen LogP contribution in [0.4, 0.5) is 5.00 Å². The summed E-state index contributed by atoms with van der Waals surface area (Å²) in [4.78, 5) is 32.4. The fourth-order valence-electron chi connectivity index (χ4n) is 2.80. The van der Waals surface area contributed by atoms with Gasteiger partial charge in [0, 0.05) is 24.3 Å². The van der Waals surface area contributed by atoms with E-state index < -0.39 is 5.97 Å². The molecule has 1 amide bonds. The lowest BCUT2D eigenvalue weighted by Crippen LogP contribution is -2.38. The number of amidine groups is 1. The van der Waals surface area contributed by atoms with Crippen LogP contribution < -0.4 is 5.43 Å². The molecule has 0 aliphatic carbocycles. The number of rotatable bonds is 5. The number of nitrogens with zero attached hydrogens (tertiary/aromatic N) is 3. The zero-order chi connectivity index (χ0) is 19.4. The Kier molecular flexibility index (Phi) is 5.51. The van der Waals surface area contributed by atoms with Gasteiger partial charge in [-0.05, 0) is 11.6 Å². The molecule has 9 heteroatoms. The summed E-state index contributed by atoms with van der Waals surface area (Å²) in [5, 5.41) is 16.6. The molecule has 1 atom stereocenters. The average Bonchev–Trinajstić information content (AvgIpc) is 3.28. The number of hydrazine groups is 1. The Balaban J connectivity index is 1.85. The van der Waals surface area contributed by atoms with Crippen molar-refractivity contribution in [2.45, 2.75) is 19.4 Å². The molecule has 8 nitrogen and oxygen atoms in total. The molecule has 1 aromatic carbocycles. The van der Waals surface area contributed by atoms with Crippen molar-refractivity contribution in [1.82, 2.24) is 10.4 Å². The van der Waals surface area contributed by atoms with Crippen LogP contribution in [0.5, 0.6) is 0 Å². The van der Waals surface area contributed by atoms with Crippen LogP contribution in [0.15, 0.2) is 51.9 Å². The molecule has 2 heterocycles. The highest BCUT2D eigenvalue weighted by Gasteiger charge is 2.32. The SMILES string of the molecule is CO/N=C(\C(=O)O)c1csc(/N=C2/CC(c3ccccc3)N(C(C)=O)N2)c1. The summed E-state index contributed by atoms with van der Waals surface area (Å²) < 4.78 is 0. The molecular weight excluding hydrogens is 368 g/mol. The van der Waals surface area contributed by atoms with E-state index in [1.54, 1.807) is 16.5 Å². The third kappa shape index (κ3) is 4.14. The third-order valence-corrected chi connectivity index (χ3v) is 4.78. The first kappa shape index (κ1) is 18.6. The first-order chi connectivity index (χ1) is 13.0. The van der Waals surface area contributed by atoms with Gasteiger partial charge in [0.15, 0.2) is 5.71 Å². The van der Waals surface area contributed by atoms with Crippen LogP contribution in [0.25, 0.3) is 0 Å². The van der Waals surface area contributed by atoms with Gasteiger partial charge in [-0.2, -0.15) is 0 Å². The van der Waals surface area contributed by atoms with E-state index in [-0.39, 0.29) is 17.7 Å². The number of hydrogen-bond donors (Lipinski definition) is 2. The van der Waals surface area contributed by atoms with Gasteiger partial charge in [0.05, 0.1) is 6.04 Å². The lowest BCUT2D eigenvalue weighted by molar-refractivity contribution is -0.132. The smallest absolute Gasteiger partial charge is 0.358 e. The zero-order valence-corrected chi connectivity index (χ0v) is 15.6. The first-order valence-electron chi connectivity index (χ1n) is 8.12. The first-order valence-corrected chi connectivity index (χ1v) is 9.00. The van der Waals surface area contributed by atoms with Crippen molar-refractivity contribution in [3.63, 3.8) is 0 Å². The highest BCUT2D eigenvalue weighted by Crippen LogP contribution is 2.31. The number of aliphatic imine (C=N–C) groups is 1. The molecule has 1 aliphatic heterocycles. The largest absolute Gasteiger partial charge is 0.476 e. The van der Waals surface area contributed by atoms with Gasteiger partial charge in [0.1, 0.15) is 17.9 Å². The minimum absolute atomic E-state index is 0.110. The highest BCUT2D eigenvalue weighted by molar-refractivity contribution is 7.14. The predicted octanol–water partition coefficient (Wildman–Crippen LogP) is 2.71. The van der Waals surface area contributed by atoms with Crippen molar-refractivity contribution >= 4 is 39.8 Å². The van der Waals surface area contributed by atoms with Gasteiger partial charge in [-0.25, -0.2) is 14.8 Å². The standard InChI is InChI=1S/C18H18N4O4S/c1-11(23)22-14(12-6-4-3-5-7-12)9-15(20-22)19-16-8-13(10-27-16)17(18(24)25)21-26-2/h3-8,10,14H,9H2,1-2H3,(H,19,20)(H,24,25)/b21-17-. The Morgan fingerprint density at radius 2 is 2.07 bits per heavy atom. The maximum atomic E-state index is 12.0.